The van der Waals surface area contributed by atoms with Crippen LogP contribution in [0.2, 0.25) is 0 Å². The van der Waals surface area contributed by atoms with Crippen molar-refractivity contribution in [3.8, 4) is 0 Å². The molecule has 0 saturated heterocycles. The van der Waals surface area contributed by atoms with Gasteiger partial charge in [0.15, 0.2) is 6.61 Å². The summed E-state index contributed by atoms with van der Waals surface area (Å²) < 4.78 is 6.13. The maximum absolute atomic E-state index is 12.9. The van der Waals surface area contributed by atoms with Gasteiger partial charge < -0.3 is 4.74 Å². The van der Waals surface area contributed by atoms with Crippen LogP contribution in [-0.4, -0.2) is 23.3 Å². The quantitative estimate of drug-likeness (QED) is 0.441. The van der Waals surface area contributed by atoms with Crippen molar-refractivity contribution in [1.29, 1.82) is 0 Å². The normalized spacial score (nSPS) is 13.2. The van der Waals surface area contributed by atoms with E-state index in [9.17, 15) is 9.59 Å². The van der Waals surface area contributed by atoms with Gasteiger partial charge >= 0.3 is 5.97 Å². The van der Waals surface area contributed by atoms with Gasteiger partial charge in [-0.25, -0.2) is 4.79 Å². The molecule has 3 aromatic rings. The van der Waals surface area contributed by atoms with Gasteiger partial charge in [-0.1, -0.05) is 52.3 Å². The van der Waals surface area contributed by atoms with Gasteiger partial charge in [0, 0.05) is 21.1 Å². The molecule has 4 rings (SSSR count). The lowest BCUT2D eigenvalue weighted by Gasteiger charge is -2.19. The smallest absolute Gasteiger partial charge is 0.339 e. The molecule has 0 fully saturated rings. The number of ether oxygens (including phenoxy) is 1. The van der Waals surface area contributed by atoms with Gasteiger partial charge in [0.2, 0.25) is 5.78 Å². The number of nitrogens with zero attached hydrogens (tertiary/aromatic N) is 1. The second-order valence-corrected chi connectivity index (χ2v) is 7.47. The molecule has 27 heavy (non-hydrogen) atoms. The molecule has 5 heteroatoms. The Balaban J connectivity index is 1.65. The largest absolute Gasteiger partial charge is 0.454 e. The number of hydrogen-bond acceptors (Lipinski definition) is 4. The summed E-state index contributed by atoms with van der Waals surface area (Å²) in [5.74, 6) is -0.685. The highest BCUT2D eigenvalue weighted by atomic mass is 79.9. The predicted octanol–water partition coefficient (Wildman–Crippen LogP) is 4.92. The summed E-state index contributed by atoms with van der Waals surface area (Å²) in [5.41, 5.74) is 3.81. The topological polar surface area (TPSA) is 56.3 Å². The van der Waals surface area contributed by atoms with Crippen LogP contribution in [0.25, 0.3) is 10.9 Å². The lowest BCUT2D eigenvalue weighted by atomic mass is 9.90. The lowest BCUT2D eigenvalue weighted by molar-refractivity contribution is 0.0475. The summed E-state index contributed by atoms with van der Waals surface area (Å²) in [4.78, 5) is 30.1. The van der Waals surface area contributed by atoms with E-state index in [1.54, 1.807) is 18.2 Å². The van der Waals surface area contributed by atoms with Crippen LogP contribution in [0.4, 0.5) is 0 Å². The SMILES string of the molecule is O=C(COC(=O)c1c2c(nc3ccccc13)CCCC2)c1ccccc1Br. The number of aromatic nitrogens is 1. The second-order valence-electron chi connectivity index (χ2n) is 6.62. The van der Waals surface area contributed by atoms with Crippen molar-refractivity contribution < 1.29 is 14.3 Å². The fraction of sp³-hybridized carbons (Fsp3) is 0.227. The molecule has 0 bridgehead atoms. The zero-order chi connectivity index (χ0) is 18.8. The summed E-state index contributed by atoms with van der Waals surface area (Å²) in [6.45, 7) is -0.285. The number of aryl methyl sites for hydroxylation is 1. The van der Waals surface area contributed by atoms with E-state index in [2.05, 4.69) is 15.9 Å². The molecule has 0 saturated carbocycles. The third kappa shape index (κ3) is 3.52. The predicted molar refractivity (Wildman–Crippen MR) is 107 cm³/mol. The van der Waals surface area contributed by atoms with Crippen LogP contribution in [0, 0.1) is 0 Å². The van der Waals surface area contributed by atoms with Crippen LogP contribution >= 0.6 is 15.9 Å². The number of benzene rings is 2. The van der Waals surface area contributed by atoms with E-state index in [1.807, 2.05) is 30.3 Å². The molecule has 1 aliphatic rings. The van der Waals surface area contributed by atoms with Crippen LogP contribution in [-0.2, 0) is 17.6 Å². The number of ketones is 1. The monoisotopic (exact) mass is 423 g/mol. The minimum absolute atomic E-state index is 0.233. The first-order valence-corrected chi connectivity index (χ1v) is 9.80. The molecule has 0 unspecified atom stereocenters. The highest BCUT2D eigenvalue weighted by Crippen LogP contribution is 2.30. The molecule has 0 atom stereocenters. The maximum Gasteiger partial charge on any atom is 0.339 e. The number of carbonyl (C=O) groups excluding carboxylic acids is 2. The Kier molecular flexibility index (Phi) is 5.03. The number of rotatable bonds is 4. The van der Waals surface area contributed by atoms with Crippen molar-refractivity contribution in [2.24, 2.45) is 0 Å². The minimum Gasteiger partial charge on any atom is -0.454 e. The van der Waals surface area contributed by atoms with Crippen molar-refractivity contribution in [3.05, 3.63) is 75.4 Å². The van der Waals surface area contributed by atoms with Gasteiger partial charge in [0.1, 0.15) is 0 Å². The van der Waals surface area contributed by atoms with Crippen LogP contribution in [0.15, 0.2) is 53.0 Å². The average molecular weight is 424 g/mol. The third-order valence-electron chi connectivity index (χ3n) is 4.88. The van der Waals surface area contributed by atoms with Crippen LogP contribution < -0.4 is 0 Å². The Bertz CT molecular complexity index is 1040. The molecule has 0 N–H and O–H groups in total. The second kappa shape index (κ2) is 7.61. The van der Waals surface area contributed by atoms with Gasteiger partial charge in [0.05, 0.1) is 11.1 Å². The molecule has 136 valence electrons. The van der Waals surface area contributed by atoms with Gasteiger partial charge in [-0.05, 0) is 43.4 Å². The molecule has 4 nitrogen and oxygen atoms in total. The number of fused-ring (bicyclic) bond motifs is 2. The number of para-hydroxylation sites is 1. The van der Waals surface area contributed by atoms with E-state index in [1.165, 1.54) is 0 Å². The average Bonchev–Trinajstić information content (AvgIpc) is 2.70. The van der Waals surface area contributed by atoms with Crippen molar-refractivity contribution in [2.45, 2.75) is 25.7 Å². The first-order valence-electron chi connectivity index (χ1n) is 9.00. The van der Waals surface area contributed by atoms with Crippen LogP contribution in [0.1, 0.15) is 44.8 Å². The minimum atomic E-state index is -0.452. The van der Waals surface area contributed by atoms with Crippen molar-refractivity contribution in [3.63, 3.8) is 0 Å². The zero-order valence-electron chi connectivity index (χ0n) is 14.7. The van der Waals surface area contributed by atoms with Crippen molar-refractivity contribution in [1.82, 2.24) is 4.98 Å². The molecule has 0 spiro atoms. The number of halogens is 1. The molecule has 0 amide bonds. The van der Waals surface area contributed by atoms with Gasteiger partial charge in [-0.15, -0.1) is 0 Å². The van der Waals surface area contributed by atoms with E-state index in [0.29, 0.717) is 15.6 Å². The lowest BCUT2D eigenvalue weighted by Crippen LogP contribution is -2.19. The molecule has 1 aliphatic carbocycles. The first kappa shape index (κ1) is 17.9. The summed E-state index contributed by atoms with van der Waals surface area (Å²) in [6, 6.07) is 14.7. The third-order valence-corrected chi connectivity index (χ3v) is 5.57. The zero-order valence-corrected chi connectivity index (χ0v) is 16.3. The molecule has 0 radical (unpaired) electrons. The highest BCUT2D eigenvalue weighted by Gasteiger charge is 2.24. The Labute approximate surface area is 165 Å². The Morgan fingerprint density at radius 2 is 1.74 bits per heavy atom. The van der Waals surface area contributed by atoms with Gasteiger partial charge in [-0.3, -0.25) is 9.78 Å². The number of hydrogen-bond donors (Lipinski definition) is 0. The van der Waals surface area contributed by atoms with Gasteiger partial charge in [0.25, 0.3) is 0 Å². The van der Waals surface area contributed by atoms with E-state index in [4.69, 9.17) is 9.72 Å². The number of carbonyl (C=O) groups is 2. The summed E-state index contributed by atoms with van der Waals surface area (Å²) >= 11 is 3.36. The number of esters is 1. The highest BCUT2D eigenvalue weighted by molar-refractivity contribution is 9.10. The molecular formula is C22H18BrNO3. The molecule has 2 aromatic carbocycles. The Morgan fingerprint density at radius 1 is 1.00 bits per heavy atom. The van der Waals surface area contributed by atoms with E-state index in [0.717, 1.165) is 47.8 Å². The van der Waals surface area contributed by atoms with Crippen molar-refractivity contribution in [2.75, 3.05) is 6.61 Å². The molecule has 1 aromatic heterocycles. The van der Waals surface area contributed by atoms with Crippen molar-refractivity contribution >= 4 is 38.6 Å². The van der Waals surface area contributed by atoms with E-state index in [-0.39, 0.29) is 12.4 Å². The first-order chi connectivity index (χ1) is 13.1. The van der Waals surface area contributed by atoms with Crippen LogP contribution in [0.5, 0.6) is 0 Å². The van der Waals surface area contributed by atoms with Crippen LogP contribution in [0.3, 0.4) is 0 Å². The Hall–Kier alpha value is -2.53. The molecule has 1 heterocycles. The van der Waals surface area contributed by atoms with Gasteiger partial charge in [-0.2, -0.15) is 0 Å². The standard InChI is InChI=1S/C22H18BrNO3/c23-17-10-4-1-7-14(17)20(25)13-27-22(26)21-15-8-2-5-11-18(15)24-19-12-6-3-9-16(19)21/h1-2,4-5,7-8,10-11H,3,6,9,12-13H2. The molecular weight excluding hydrogens is 406 g/mol. The summed E-state index contributed by atoms with van der Waals surface area (Å²) in [5, 5.41) is 0.788. The summed E-state index contributed by atoms with van der Waals surface area (Å²) in [6.07, 6.45) is 3.79. The van der Waals surface area contributed by atoms with E-state index >= 15 is 0 Å². The number of Topliss-reactive ketones (excluding diaryl/α,β-unsaturated/α-hetero) is 1. The fourth-order valence-corrected chi connectivity index (χ4v) is 4.08. The number of pyridine rings is 1. The fourth-order valence-electron chi connectivity index (χ4n) is 3.57. The molecule has 0 aliphatic heterocycles. The summed E-state index contributed by atoms with van der Waals surface area (Å²) in [7, 11) is 0. The maximum atomic E-state index is 12.9. The van der Waals surface area contributed by atoms with E-state index < -0.39 is 5.97 Å². The Morgan fingerprint density at radius 3 is 2.59 bits per heavy atom.